The van der Waals surface area contributed by atoms with Gasteiger partial charge in [-0.15, -0.1) is 0 Å². The van der Waals surface area contributed by atoms with Gasteiger partial charge in [0.15, 0.2) is 0 Å². The van der Waals surface area contributed by atoms with Gasteiger partial charge in [-0.3, -0.25) is 9.10 Å². The van der Waals surface area contributed by atoms with E-state index in [4.69, 9.17) is 11.6 Å². The minimum atomic E-state index is -3.52. The molecule has 0 fully saturated rings. The smallest absolute Gasteiger partial charge is 0.271 e. The number of sulfonamides is 1. The number of carbonyl (C=O) groups is 1. The number of nitrogens with one attached hydrogen (secondary N) is 1. The van der Waals surface area contributed by atoms with Gasteiger partial charge in [-0.2, -0.15) is 5.10 Å². The molecule has 0 unspecified atom stereocenters. The Kier molecular flexibility index (Phi) is 7.80. The predicted molar refractivity (Wildman–Crippen MR) is 149 cm³/mol. The fourth-order valence-electron chi connectivity index (χ4n) is 4.06. The highest BCUT2D eigenvalue weighted by atomic mass is 35.5. The zero-order valence-electron chi connectivity index (χ0n) is 20.7. The lowest BCUT2D eigenvalue weighted by atomic mass is 10.2. The van der Waals surface area contributed by atoms with Crippen LogP contribution < -0.4 is 9.73 Å². The SMILES string of the molecule is Cc1cc(C=NNC(=O)c2ccc(N(Cc3ccccc3)S(C)(=O)=O)cc2)c(C)n1-c1ccc(Cl)cc1. The van der Waals surface area contributed by atoms with Crippen LogP contribution in [0, 0.1) is 13.8 Å². The molecule has 4 aromatic rings. The highest BCUT2D eigenvalue weighted by Crippen LogP contribution is 2.22. The Labute approximate surface area is 222 Å². The van der Waals surface area contributed by atoms with Crippen LogP contribution in [0.2, 0.25) is 5.02 Å². The normalized spacial score (nSPS) is 11.6. The monoisotopic (exact) mass is 534 g/mol. The standard InChI is InChI=1S/C28H27ClN4O3S/c1-20-17-24(21(2)33(20)27-15-11-25(29)12-16-27)18-30-31-28(34)23-9-13-26(14-10-23)32(37(3,35)36)19-22-7-5-4-6-8-22/h4-18H,19H2,1-3H3,(H,31,34). The summed E-state index contributed by atoms with van der Waals surface area (Å²) in [6.45, 7) is 4.17. The number of aryl methyl sites for hydroxylation is 1. The Hall–Kier alpha value is -3.88. The molecule has 0 aliphatic heterocycles. The number of amides is 1. The van der Waals surface area contributed by atoms with Crippen LogP contribution in [0.25, 0.3) is 5.69 Å². The first-order chi connectivity index (χ1) is 17.6. The van der Waals surface area contributed by atoms with Crippen molar-refractivity contribution in [2.45, 2.75) is 20.4 Å². The molecule has 1 amide bonds. The molecule has 0 radical (unpaired) electrons. The van der Waals surface area contributed by atoms with E-state index in [-0.39, 0.29) is 6.54 Å². The number of hydrogen-bond acceptors (Lipinski definition) is 4. The molecule has 0 saturated heterocycles. The van der Waals surface area contributed by atoms with Gasteiger partial charge in [0.2, 0.25) is 10.0 Å². The third-order valence-electron chi connectivity index (χ3n) is 5.91. The van der Waals surface area contributed by atoms with Crippen molar-refractivity contribution in [3.05, 3.63) is 118 Å². The summed E-state index contributed by atoms with van der Waals surface area (Å²) in [7, 11) is -3.52. The predicted octanol–water partition coefficient (Wildman–Crippen LogP) is 5.48. The maximum Gasteiger partial charge on any atom is 0.271 e. The van der Waals surface area contributed by atoms with Gasteiger partial charge in [0, 0.05) is 33.2 Å². The first kappa shape index (κ1) is 26.2. The van der Waals surface area contributed by atoms with Gasteiger partial charge in [-0.1, -0.05) is 41.9 Å². The van der Waals surface area contributed by atoms with E-state index in [1.165, 1.54) is 4.31 Å². The Bertz CT molecular complexity index is 1530. The van der Waals surface area contributed by atoms with Crippen molar-refractivity contribution in [2.24, 2.45) is 5.10 Å². The lowest BCUT2D eigenvalue weighted by molar-refractivity contribution is 0.0955. The molecule has 0 bridgehead atoms. The summed E-state index contributed by atoms with van der Waals surface area (Å²) in [6.07, 6.45) is 2.77. The summed E-state index contributed by atoms with van der Waals surface area (Å²) in [6, 6.07) is 25.3. The molecule has 0 saturated carbocycles. The van der Waals surface area contributed by atoms with Gasteiger partial charge >= 0.3 is 0 Å². The molecule has 0 spiro atoms. The van der Waals surface area contributed by atoms with E-state index < -0.39 is 15.9 Å². The number of anilines is 1. The number of carbonyl (C=O) groups excluding carboxylic acids is 1. The van der Waals surface area contributed by atoms with Crippen LogP contribution >= 0.6 is 11.6 Å². The van der Waals surface area contributed by atoms with Crippen molar-refractivity contribution in [1.82, 2.24) is 9.99 Å². The van der Waals surface area contributed by atoms with Crippen LogP contribution in [0.3, 0.4) is 0 Å². The highest BCUT2D eigenvalue weighted by Gasteiger charge is 2.18. The van der Waals surface area contributed by atoms with Crippen LogP contribution in [0.5, 0.6) is 0 Å². The van der Waals surface area contributed by atoms with E-state index >= 15 is 0 Å². The summed E-state index contributed by atoms with van der Waals surface area (Å²) in [5.74, 6) is -0.400. The second kappa shape index (κ2) is 11.0. The quantitative estimate of drug-likeness (QED) is 0.240. The number of halogens is 1. The summed E-state index contributed by atoms with van der Waals surface area (Å²) >= 11 is 6.01. The molecule has 37 heavy (non-hydrogen) atoms. The van der Waals surface area contributed by atoms with Crippen molar-refractivity contribution < 1.29 is 13.2 Å². The fourth-order valence-corrected chi connectivity index (χ4v) is 5.07. The van der Waals surface area contributed by atoms with Gasteiger partial charge in [0.05, 0.1) is 24.7 Å². The van der Waals surface area contributed by atoms with E-state index in [0.717, 1.165) is 34.5 Å². The van der Waals surface area contributed by atoms with Crippen molar-refractivity contribution in [3.63, 3.8) is 0 Å². The third-order valence-corrected chi connectivity index (χ3v) is 7.30. The summed E-state index contributed by atoms with van der Waals surface area (Å²) in [4.78, 5) is 12.6. The average molecular weight is 535 g/mol. The summed E-state index contributed by atoms with van der Waals surface area (Å²) in [5.41, 5.74) is 8.09. The lowest BCUT2D eigenvalue weighted by Crippen LogP contribution is -2.29. The van der Waals surface area contributed by atoms with E-state index in [0.29, 0.717) is 16.3 Å². The van der Waals surface area contributed by atoms with E-state index in [1.54, 1.807) is 30.5 Å². The number of aromatic nitrogens is 1. The zero-order valence-corrected chi connectivity index (χ0v) is 22.3. The number of rotatable bonds is 8. The van der Waals surface area contributed by atoms with E-state index in [9.17, 15) is 13.2 Å². The van der Waals surface area contributed by atoms with Crippen molar-refractivity contribution >= 4 is 39.4 Å². The summed E-state index contributed by atoms with van der Waals surface area (Å²) in [5, 5.41) is 4.80. The lowest BCUT2D eigenvalue weighted by Gasteiger charge is -2.22. The number of hydrazone groups is 1. The van der Waals surface area contributed by atoms with E-state index in [2.05, 4.69) is 15.1 Å². The number of nitrogens with zero attached hydrogens (tertiary/aromatic N) is 3. The largest absolute Gasteiger partial charge is 0.318 e. The fraction of sp³-hybridized carbons (Fsp3) is 0.143. The minimum absolute atomic E-state index is 0.198. The van der Waals surface area contributed by atoms with Gasteiger partial charge < -0.3 is 4.57 Å². The first-order valence-electron chi connectivity index (χ1n) is 11.5. The van der Waals surface area contributed by atoms with Crippen molar-refractivity contribution in [1.29, 1.82) is 0 Å². The van der Waals surface area contributed by atoms with Gasteiger partial charge in [0.25, 0.3) is 5.91 Å². The Morgan fingerprint density at radius 2 is 1.65 bits per heavy atom. The molecule has 4 rings (SSSR count). The Balaban J connectivity index is 1.46. The van der Waals surface area contributed by atoms with Gasteiger partial charge in [0.1, 0.15) is 0 Å². The molecule has 3 aromatic carbocycles. The minimum Gasteiger partial charge on any atom is -0.318 e. The van der Waals surface area contributed by atoms with Crippen molar-refractivity contribution in [3.8, 4) is 5.69 Å². The first-order valence-corrected chi connectivity index (χ1v) is 13.8. The molecule has 0 aliphatic rings. The van der Waals surface area contributed by atoms with Crippen LogP contribution in [0.15, 0.2) is 90.0 Å². The molecule has 1 heterocycles. The Morgan fingerprint density at radius 3 is 2.27 bits per heavy atom. The zero-order chi connectivity index (χ0) is 26.6. The number of hydrogen-bond donors (Lipinski definition) is 1. The topological polar surface area (TPSA) is 83.8 Å². The van der Waals surface area contributed by atoms with Gasteiger partial charge in [-0.25, -0.2) is 13.8 Å². The maximum absolute atomic E-state index is 12.6. The molecule has 7 nitrogen and oxygen atoms in total. The second-order valence-corrected chi connectivity index (χ2v) is 11.0. The van der Waals surface area contributed by atoms with Crippen LogP contribution in [-0.4, -0.2) is 31.4 Å². The molecule has 0 atom stereocenters. The number of benzene rings is 3. The average Bonchev–Trinajstić information content (AvgIpc) is 3.16. The third kappa shape index (κ3) is 6.28. The molecule has 190 valence electrons. The molecule has 9 heteroatoms. The highest BCUT2D eigenvalue weighted by molar-refractivity contribution is 7.92. The van der Waals surface area contributed by atoms with Crippen LogP contribution in [0.1, 0.15) is 32.9 Å². The molecule has 0 aliphatic carbocycles. The van der Waals surface area contributed by atoms with Crippen molar-refractivity contribution in [2.75, 3.05) is 10.6 Å². The van der Waals surface area contributed by atoms with Gasteiger partial charge in [-0.05, 0) is 74.0 Å². The molecule has 1 aromatic heterocycles. The summed E-state index contributed by atoms with van der Waals surface area (Å²) < 4.78 is 28.2. The molecular weight excluding hydrogens is 508 g/mol. The maximum atomic E-state index is 12.6. The second-order valence-electron chi connectivity index (χ2n) is 8.64. The van der Waals surface area contributed by atoms with Crippen LogP contribution in [-0.2, 0) is 16.6 Å². The van der Waals surface area contributed by atoms with Crippen LogP contribution in [0.4, 0.5) is 5.69 Å². The Morgan fingerprint density at radius 1 is 1.00 bits per heavy atom. The molecule has 1 N–H and O–H groups in total. The molecular formula is C28H27ClN4O3S. The van der Waals surface area contributed by atoms with E-state index in [1.807, 2.05) is 74.5 Å².